The number of phenolic OH excluding ortho intramolecular Hbond substituents is 1. The molecular weight excluding hydrogens is 545 g/mol. The highest BCUT2D eigenvalue weighted by Gasteiger charge is 2.35. The third kappa shape index (κ3) is 4.67. The van der Waals surface area contributed by atoms with Crippen molar-refractivity contribution in [2.24, 2.45) is 0 Å². The van der Waals surface area contributed by atoms with Gasteiger partial charge in [-0.1, -0.05) is 28.1 Å². The first kappa shape index (κ1) is 20.2. The molecule has 1 aliphatic heterocycles. The van der Waals surface area contributed by atoms with Crippen LogP contribution in [-0.4, -0.2) is 27.8 Å². The SMILES string of the molecule is CCOc1cc(/C=C2\SC(=O)N(Cc3ccc(I)cc3)C2=O)c(Br)cc1O. The highest BCUT2D eigenvalue weighted by molar-refractivity contribution is 14.1. The summed E-state index contributed by atoms with van der Waals surface area (Å²) in [5.74, 6) is -0.000703. The van der Waals surface area contributed by atoms with Gasteiger partial charge in [0, 0.05) is 8.04 Å². The van der Waals surface area contributed by atoms with E-state index < -0.39 is 0 Å². The largest absolute Gasteiger partial charge is 0.504 e. The number of imide groups is 1. The predicted octanol–water partition coefficient (Wildman–Crippen LogP) is 5.39. The molecule has 1 fully saturated rings. The number of amides is 2. The number of ether oxygens (including phenoxy) is 1. The molecule has 27 heavy (non-hydrogen) atoms. The maximum Gasteiger partial charge on any atom is 0.293 e. The van der Waals surface area contributed by atoms with Gasteiger partial charge < -0.3 is 9.84 Å². The first-order chi connectivity index (χ1) is 12.9. The lowest BCUT2D eigenvalue weighted by Crippen LogP contribution is -2.27. The van der Waals surface area contributed by atoms with Gasteiger partial charge in [-0.2, -0.15) is 0 Å². The van der Waals surface area contributed by atoms with E-state index in [0.717, 1.165) is 20.9 Å². The molecule has 1 aliphatic rings. The molecule has 0 aromatic heterocycles. The van der Waals surface area contributed by atoms with Crippen molar-refractivity contribution < 1.29 is 19.4 Å². The Morgan fingerprint density at radius 2 is 1.96 bits per heavy atom. The molecule has 0 saturated carbocycles. The molecule has 3 rings (SSSR count). The van der Waals surface area contributed by atoms with Crippen LogP contribution >= 0.6 is 50.3 Å². The van der Waals surface area contributed by atoms with Gasteiger partial charge in [-0.25, -0.2) is 0 Å². The number of benzene rings is 2. The highest BCUT2D eigenvalue weighted by atomic mass is 127. The van der Waals surface area contributed by atoms with Crippen LogP contribution in [0.3, 0.4) is 0 Å². The molecule has 1 N–H and O–H groups in total. The van der Waals surface area contributed by atoms with Crippen molar-refractivity contribution in [3.8, 4) is 11.5 Å². The zero-order valence-corrected chi connectivity index (χ0v) is 18.8. The molecule has 1 heterocycles. The third-order valence-electron chi connectivity index (χ3n) is 3.79. The standard InChI is InChI=1S/C19H15BrINO4S/c1-2-26-16-7-12(14(20)9-15(16)23)8-17-18(24)22(19(25)27-17)10-11-3-5-13(21)6-4-11/h3-9,23H,2,10H2,1H3/b17-8-. The van der Waals surface area contributed by atoms with Crippen LogP contribution in [0.5, 0.6) is 11.5 Å². The maximum atomic E-state index is 12.7. The van der Waals surface area contributed by atoms with Crippen LogP contribution in [0.2, 0.25) is 0 Å². The monoisotopic (exact) mass is 559 g/mol. The van der Waals surface area contributed by atoms with E-state index in [-0.39, 0.29) is 23.4 Å². The van der Waals surface area contributed by atoms with Gasteiger partial charge in [0.1, 0.15) is 0 Å². The molecule has 5 nitrogen and oxygen atoms in total. The molecule has 0 radical (unpaired) electrons. The van der Waals surface area contributed by atoms with Crippen molar-refractivity contribution in [3.05, 3.63) is 60.5 Å². The number of rotatable bonds is 5. The Bertz CT molecular complexity index is 930. The Hall–Kier alpha value is -1.52. The van der Waals surface area contributed by atoms with Gasteiger partial charge in [0.2, 0.25) is 0 Å². The molecule has 2 amide bonds. The smallest absolute Gasteiger partial charge is 0.293 e. The van der Waals surface area contributed by atoms with Gasteiger partial charge in [0.25, 0.3) is 11.1 Å². The molecule has 0 unspecified atom stereocenters. The zero-order valence-electron chi connectivity index (χ0n) is 14.2. The fourth-order valence-electron chi connectivity index (χ4n) is 2.49. The van der Waals surface area contributed by atoms with E-state index in [9.17, 15) is 14.7 Å². The second kappa shape index (κ2) is 8.66. The van der Waals surface area contributed by atoms with Crippen LogP contribution < -0.4 is 4.74 Å². The average Bonchev–Trinajstić information content (AvgIpc) is 2.88. The number of carbonyl (C=O) groups is 2. The molecule has 0 spiro atoms. The van der Waals surface area contributed by atoms with Crippen molar-refractivity contribution in [3.63, 3.8) is 0 Å². The van der Waals surface area contributed by atoms with Gasteiger partial charge >= 0.3 is 0 Å². The molecule has 140 valence electrons. The lowest BCUT2D eigenvalue weighted by Gasteiger charge is -2.12. The van der Waals surface area contributed by atoms with Crippen molar-refractivity contribution >= 4 is 67.5 Å². The molecule has 0 bridgehead atoms. The normalized spacial score (nSPS) is 15.7. The topological polar surface area (TPSA) is 66.8 Å². The highest BCUT2D eigenvalue weighted by Crippen LogP contribution is 2.38. The minimum Gasteiger partial charge on any atom is -0.504 e. The Balaban J connectivity index is 1.86. The Morgan fingerprint density at radius 1 is 1.26 bits per heavy atom. The second-order valence-electron chi connectivity index (χ2n) is 5.67. The molecule has 2 aromatic rings. The number of hydrogen-bond donors (Lipinski definition) is 1. The van der Waals surface area contributed by atoms with E-state index in [0.29, 0.717) is 27.3 Å². The number of halogens is 2. The van der Waals surface area contributed by atoms with Gasteiger partial charge in [-0.15, -0.1) is 0 Å². The van der Waals surface area contributed by atoms with Gasteiger partial charge in [0.15, 0.2) is 11.5 Å². The average molecular weight is 560 g/mol. The molecule has 0 aliphatic carbocycles. The lowest BCUT2D eigenvalue weighted by molar-refractivity contribution is -0.123. The summed E-state index contributed by atoms with van der Waals surface area (Å²) in [5.41, 5.74) is 1.54. The summed E-state index contributed by atoms with van der Waals surface area (Å²) >= 11 is 6.48. The van der Waals surface area contributed by atoms with Gasteiger partial charge in [-0.05, 0) is 82.7 Å². The van der Waals surface area contributed by atoms with E-state index in [2.05, 4.69) is 38.5 Å². The van der Waals surface area contributed by atoms with Crippen LogP contribution in [0.4, 0.5) is 4.79 Å². The first-order valence-electron chi connectivity index (χ1n) is 8.04. The second-order valence-corrected chi connectivity index (χ2v) is 8.76. The third-order valence-corrected chi connectivity index (χ3v) is 6.11. The first-order valence-corrected chi connectivity index (χ1v) is 10.7. The molecular formula is C19H15BrINO4S. The van der Waals surface area contributed by atoms with E-state index in [1.54, 1.807) is 12.1 Å². The number of nitrogens with zero attached hydrogens (tertiary/aromatic N) is 1. The van der Waals surface area contributed by atoms with Crippen LogP contribution in [-0.2, 0) is 11.3 Å². The molecule has 8 heteroatoms. The van der Waals surface area contributed by atoms with Crippen LogP contribution in [0.1, 0.15) is 18.1 Å². The Kier molecular flexibility index (Phi) is 6.48. The summed E-state index contributed by atoms with van der Waals surface area (Å²) < 4.78 is 7.08. The van der Waals surface area contributed by atoms with E-state index in [1.165, 1.54) is 11.0 Å². The van der Waals surface area contributed by atoms with Crippen LogP contribution in [0.15, 0.2) is 45.8 Å². The summed E-state index contributed by atoms with van der Waals surface area (Å²) in [6, 6.07) is 10.8. The Labute approximate surface area is 183 Å². The van der Waals surface area contributed by atoms with Gasteiger partial charge in [-0.3, -0.25) is 14.5 Å². The molecule has 2 aromatic carbocycles. The van der Waals surface area contributed by atoms with E-state index in [1.807, 2.05) is 31.2 Å². The van der Waals surface area contributed by atoms with Crippen molar-refractivity contribution in [2.45, 2.75) is 13.5 Å². The summed E-state index contributed by atoms with van der Waals surface area (Å²) in [6.45, 7) is 2.46. The summed E-state index contributed by atoms with van der Waals surface area (Å²) in [6.07, 6.45) is 1.63. The van der Waals surface area contributed by atoms with Gasteiger partial charge in [0.05, 0.1) is 18.1 Å². The number of phenols is 1. The van der Waals surface area contributed by atoms with Crippen molar-refractivity contribution in [1.29, 1.82) is 0 Å². The molecule has 0 atom stereocenters. The number of hydrogen-bond acceptors (Lipinski definition) is 5. The predicted molar refractivity (Wildman–Crippen MR) is 118 cm³/mol. The lowest BCUT2D eigenvalue weighted by atomic mass is 10.1. The summed E-state index contributed by atoms with van der Waals surface area (Å²) in [7, 11) is 0. The minimum absolute atomic E-state index is 0.00712. The summed E-state index contributed by atoms with van der Waals surface area (Å²) in [5, 5.41) is 9.62. The Morgan fingerprint density at radius 3 is 2.63 bits per heavy atom. The fourth-order valence-corrected chi connectivity index (χ4v) is 4.12. The van der Waals surface area contributed by atoms with Crippen LogP contribution in [0, 0.1) is 3.57 Å². The summed E-state index contributed by atoms with van der Waals surface area (Å²) in [4.78, 5) is 26.6. The fraction of sp³-hybridized carbons (Fsp3) is 0.158. The number of aromatic hydroxyl groups is 1. The van der Waals surface area contributed by atoms with E-state index >= 15 is 0 Å². The van der Waals surface area contributed by atoms with E-state index in [4.69, 9.17) is 4.74 Å². The minimum atomic E-state index is -0.332. The van der Waals surface area contributed by atoms with Crippen molar-refractivity contribution in [2.75, 3.05) is 6.61 Å². The maximum absolute atomic E-state index is 12.7. The number of thioether (sulfide) groups is 1. The number of carbonyl (C=O) groups excluding carboxylic acids is 2. The quantitative estimate of drug-likeness (QED) is 0.393. The zero-order chi connectivity index (χ0) is 19.6. The molecule has 1 saturated heterocycles. The van der Waals surface area contributed by atoms with Crippen molar-refractivity contribution in [1.82, 2.24) is 4.90 Å². The van der Waals surface area contributed by atoms with Crippen LogP contribution in [0.25, 0.3) is 6.08 Å².